The lowest BCUT2D eigenvalue weighted by Crippen LogP contribution is -2.38. The SMILES string of the molecule is COc1ccc2nc([C@@H](C)NC(=O)[C@H](C)Oc3ccccc3Br)[nH]c2c1. The van der Waals surface area contributed by atoms with Gasteiger partial charge < -0.3 is 19.8 Å². The van der Waals surface area contributed by atoms with Crippen LogP contribution < -0.4 is 14.8 Å². The van der Waals surface area contributed by atoms with E-state index in [-0.39, 0.29) is 11.9 Å². The van der Waals surface area contributed by atoms with E-state index < -0.39 is 6.10 Å². The first-order chi connectivity index (χ1) is 12.5. The van der Waals surface area contributed by atoms with Crippen molar-refractivity contribution < 1.29 is 14.3 Å². The van der Waals surface area contributed by atoms with Crippen molar-refractivity contribution in [1.29, 1.82) is 0 Å². The Bertz CT molecular complexity index is 925. The summed E-state index contributed by atoms with van der Waals surface area (Å²) in [4.78, 5) is 20.2. The maximum absolute atomic E-state index is 12.4. The molecule has 0 aliphatic rings. The van der Waals surface area contributed by atoms with Gasteiger partial charge in [0, 0.05) is 6.07 Å². The van der Waals surface area contributed by atoms with Crippen molar-refractivity contribution >= 4 is 32.9 Å². The van der Waals surface area contributed by atoms with Crippen LogP contribution >= 0.6 is 15.9 Å². The number of nitrogens with zero attached hydrogens (tertiary/aromatic N) is 1. The van der Waals surface area contributed by atoms with Crippen molar-refractivity contribution in [3.8, 4) is 11.5 Å². The molecule has 7 heteroatoms. The highest BCUT2D eigenvalue weighted by molar-refractivity contribution is 9.10. The molecule has 0 unspecified atom stereocenters. The van der Waals surface area contributed by atoms with Crippen LogP contribution in [0.5, 0.6) is 11.5 Å². The third kappa shape index (κ3) is 3.99. The first-order valence-electron chi connectivity index (χ1n) is 8.23. The van der Waals surface area contributed by atoms with E-state index in [2.05, 4.69) is 31.2 Å². The summed E-state index contributed by atoms with van der Waals surface area (Å²) in [6, 6.07) is 12.7. The Hall–Kier alpha value is -2.54. The molecule has 136 valence electrons. The van der Waals surface area contributed by atoms with Gasteiger partial charge in [0.05, 0.1) is 28.7 Å². The molecule has 3 aromatic rings. The smallest absolute Gasteiger partial charge is 0.261 e. The van der Waals surface area contributed by atoms with E-state index >= 15 is 0 Å². The molecule has 0 saturated carbocycles. The minimum absolute atomic E-state index is 0.216. The Balaban J connectivity index is 1.67. The second-order valence-corrected chi connectivity index (χ2v) is 6.78. The van der Waals surface area contributed by atoms with Gasteiger partial charge in [0.2, 0.25) is 0 Å². The second kappa shape index (κ2) is 7.78. The first kappa shape index (κ1) is 18.3. The van der Waals surface area contributed by atoms with Crippen molar-refractivity contribution in [2.24, 2.45) is 0 Å². The summed E-state index contributed by atoms with van der Waals surface area (Å²) in [6.07, 6.45) is -0.638. The summed E-state index contributed by atoms with van der Waals surface area (Å²) in [5, 5.41) is 2.92. The summed E-state index contributed by atoms with van der Waals surface area (Å²) in [7, 11) is 1.62. The molecule has 26 heavy (non-hydrogen) atoms. The van der Waals surface area contributed by atoms with E-state index in [1.54, 1.807) is 14.0 Å². The highest BCUT2D eigenvalue weighted by atomic mass is 79.9. The summed E-state index contributed by atoms with van der Waals surface area (Å²) in [5.41, 5.74) is 1.68. The largest absolute Gasteiger partial charge is 0.497 e. The number of H-pyrrole nitrogens is 1. The number of hydrogen-bond donors (Lipinski definition) is 2. The number of para-hydroxylation sites is 1. The zero-order valence-electron chi connectivity index (χ0n) is 14.7. The molecule has 2 N–H and O–H groups in total. The van der Waals surface area contributed by atoms with Crippen molar-refractivity contribution in [2.75, 3.05) is 7.11 Å². The zero-order valence-corrected chi connectivity index (χ0v) is 16.3. The predicted molar refractivity (Wildman–Crippen MR) is 103 cm³/mol. The summed E-state index contributed by atoms with van der Waals surface area (Å²) < 4.78 is 11.7. The molecular formula is C19H20BrN3O3. The van der Waals surface area contributed by atoms with Crippen molar-refractivity contribution in [1.82, 2.24) is 15.3 Å². The molecule has 6 nitrogen and oxygen atoms in total. The van der Waals surface area contributed by atoms with Gasteiger partial charge >= 0.3 is 0 Å². The number of halogens is 1. The molecule has 1 amide bonds. The maximum atomic E-state index is 12.4. The first-order valence-corrected chi connectivity index (χ1v) is 9.02. The third-order valence-corrected chi connectivity index (χ3v) is 4.64. The quantitative estimate of drug-likeness (QED) is 0.635. The van der Waals surface area contributed by atoms with Crippen LogP contribution in [-0.4, -0.2) is 29.1 Å². The number of aromatic nitrogens is 2. The lowest BCUT2D eigenvalue weighted by atomic mass is 10.2. The lowest BCUT2D eigenvalue weighted by Gasteiger charge is -2.18. The molecule has 0 bridgehead atoms. The number of ether oxygens (including phenoxy) is 2. The number of amides is 1. The average molecular weight is 418 g/mol. The van der Waals surface area contributed by atoms with Crippen LogP contribution in [0.15, 0.2) is 46.9 Å². The number of rotatable bonds is 6. The van der Waals surface area contributed by atoms with Crippen molar-refractivity contribution in [3.05, 3.63) is 52.8 Å². The monoisotopic (exact) mass is 417 g/mol. The minimum atomic E-state index is -0.638. The van der Waals surface area contributed by atoms with E-state index in [4.69, 9.17) is 9.47 Å². The van der Waals surface area contributed by atoms with Crippen molar-refractivity contribution in [3.63, 3.8) is 0 Å². The number of imidazole rings is 1. The van der Waals surface area contributed by atoms with E-state index in [1.165, 1.54) is 0 Å². The molecule has 2 atom stereocenters. The molecule has 1 heterocycles. The molecular weight excluding hydrogens is 398 g/mol. The van der Waals surface area contributed by atoms with E-state index in [0.29, 0.717) is 11.6 Å². The van der Waals surface area contributed by atoms with Crippen LogP contribution in [-0.2, 0) is 4.79 Å². The number of nitrogens with one attached hydrogen (secondary N) is 2. The maximum Gasteiger partial charge on any atom is 0.261 e. The molecule has 0 fully saturated rings. The fourth-order valence-corrected chi connectivity index (χ4v) is 2.90. The number of aromatic amines is 1. The van der Waals surface area contributed by atoms with Crippen LogP contribution in [0.25, 0.3) is 11.0 Å². The van der Waals surface area contributed by atoms with Gasteiger partial charge in [-0.2, -0.15) is 0 Å². The number of carbonyl (C=O) groups excluding carboxylic acids is 1. The Morgan fingerprint density at radius 1 is 1.23 bits per heavy atom. The van der Waals surface area contributed by atoms with Crippen LogP contribution in [0.3, 0.4) is 0 Å². The number of methoxy groups -OCH3 is 1. The molecule has 0 radical (unpaired) electrons. The number of benzene rings is 2. The summed E-state index contributed by atoms with van der Waals surface area (Å²) in [5.74, 6) is 1.83. The number of carbonyl (C=O) groups is 1. The van der Waals surface area contributed by atoms with Gasteiger partial charge in [0.1, 0.15) is 17.3 Å². The van der Waals surface area contributed by atoms with Crippen molar-refractivity contribution in [2.45, 2.75) is 26.0 Å². The Labute approximate surface area is 160 Å². The highest BCUT2D eigenvalue weighted by Gasteiger charge is 2.20. The molecule has 3 rings (SSSR count). The van der Waals surface area contributed by atoms with E-state index in [9.17, 15) is 4.79 Å². The van der Waals surface area contributed by atoms with Gasteiger partial charge in [0.15, 0.2) is 6.10 Å². The highest BCUT2D eigenvalue weighted by Crippen LogP contribution is 2.25. The fraction of sp³-hybridized carbons (Fsp3) is 0.263. The normalized spacial score (nSPS) is 13.2. The molecule has 1 aromatic heterocycles. The van der Waals surface area contributed by atoms with Crippen LogP contribution in [0, 0.1) is 0 Å². The van der Waals surface area contributed by atoms with Gasteiger partial charge in [-0.25, -0.2) is 4.98 Å². The zero-order chi connectivity index (χ0) is 18.7. The van der Waals surface area contributed by atoms with Gasteiger partial charge in [-0.3, -0.25) is 4.79 Å². The Morgan fingerprint density at radius 3 is 2.73 bits per heavy atom. The second-order valence-electron chi connectivity index (χ2n) is 5.93. The third-order valence-electron chi connectivity index (χ3n) is 3.99. The van der Waals surface area contributed by atoms with Gasteiger partial charge in [-0.1, -0.05) is 12.1 Å². The van der Waals surface area contributed by atoms with Gasteiger partial charge in [0.25, 0.3) is 5.91 Å². The molecule has 0 aliphatic carbocycles. The van der Waals surface area contributed by atoms with Gasteiger partial charge in [-0.15, -0.1) is 0 Å². The summed E-state index contributed by atoms with van der Waals surface area (Å²) in [6.45, 7) is 3.59. The molecule has 0 spiro atoms. The minimum Gasteiger partial charge on any atom is -0.497 e. The number of fused-ring (bicyclic) bond motifs is 1. The van der Waals surface area contributed by atoms with Gasteiger partial charge in [-0.05, 0) is 54.0 Å². The standard InChI is InChI=1S/C19H20BrN3O3/c1-11(18-22-15-9-8-13(25-3)10-16(15)23-18)21-19(24)12(2)26-17-7-5-4-6-14(17)20/h4-12H,1-3H3,(H,21,24)(H,22,23)/t11-,12+/m1/s1. The summed E-state index contributed by atoms with van der Waals surface area (Å²) >= 11 is 3.41. The van der Waals surface area contributed by atoms with E-state index in [1.807, 2.05) is 49.4 Å². The molecule has 0 aliphatic heterocycles. The Kier molecular flexibility index (Phi) is 5.46. The van der Waals surface area contributed by atoms with Crippen LogP contribution in [0.4, 0.5) is 0 Å². The lowest BCUT2D eigenvalue weighted by molar-refractivity contribution is -0.128. The Morgan fingerprint density at radius 2 is 2.00 bits per heavy atom. The molecule has 0 saturated heterocycles. The van der Waals surface area contributed by atoms with E-state index in [0.717, 1.165) is 21.3 Å². The molecule has 2 aromatic carbocycles. The van der Waals surface area contributed by atoms with Crippen LogP contribution in [0.2, 0.25) is 0 Å². The average Bonchev–Trinajstić information content (AvgIpc) is 3.06. The van der Waals surface area contributed by atoms with Crippen LogP contribution in [0.1, 0.15) is 25.7 Å². The topological polar surface area (TPSA) is 76.2 Å². The predicted octanol–water partition coefficient (Wildman–Crippen LogP) is 3.98. The number of hydrogen-bond acceptors (Lipinski definition) is 4. The fourth-order valence-electron chi connectivity index (χ4n) is 2.52.